The normalized spacial score (nSPS) is 17.6. The van der Waals surface area contributed by atoms with Crippen molar-refractivity contribution in [3.63, 3.8) is 0 Å². The number of hydrogen-bond acceptors (Lipinski definition) is 4. The molecule has 1 aliphatic heterocycles. The number of nitrogen functional groups attached to an aromatic ring is 1. The molecule has 0 atom stereocenters. The first-order valence-electron chi connectivity index (χ1n) is 6.14. The standard InChI is InChI=1S/C12H16BrFN2O3S/c1-16(8-2-4-19-5-3-8)20(17,18)12-7-11(15)9(13)6-10(12)14/h6-8H,2-5,15H2,1H3. The van der Waals surface area contributed by atoms with Gasteiger partial charge in [0, 0.05) is 36.5 Å². The van der Waals surface area contributed by atoms with E-state index in [1.165, 1.54) is 11.4 Å². The molecule has 1 saturated heterocycles. The van der Waals surface area contributed by atoms with Gasteiger partial charge in [-0.25, -0.2) is 12.8 Å². The summed E-state index contributed by atoms with van der Waals surface area (Å²) in [6.45, 7) is 1.02. The minimum absolute atomic E-state index is 0.182. The monoisotopic (exact) mass is 366 g/mol. The summed E-state index contributed by atoms with van der Waals surface area (Å²) < 4.78 is 45.7. The summed E-state index contributed by atoms with van der Waals surface area (Å²) in [4.78, 5) is -0.396. The largest absolute Gasteiger partial charge is 0.398 e. The Morgan fingerprint density at radius 1 is 1.40 bits per heavy atom. The molecule has 0 spiro atoms. The van der Waals surface area contributed by atoms with Crippen LogP contribution in [0.25, 0.3) is 0 Å². The molecule has 0 amide bonds. The van der Waals surface area contributed by atoms with Gasteiger partial charge >= 0.3 is 0 Å². The summed E-state index contributed by atoms with van der Waals surface area (Å²) in [5, 5.41) is 0. The van der Waals surface area contributed by atoms with Gasteiger partial charge in [-0.1, -0.05) is 0 Å². The fourth-order valence-corrected chi connectivity index (χ4v) is 3.95. The highest BCUT2D eigenvalue weighted by Crippen LogP contribution is 2.29. The second kappa shape index (κ2) is 5.97. The zero-order valence-electron chi connectivity index (χ0n) is 11.0. The van der Waals surface area contributed by atoms with Crippen molar-refractivity contribution < 1.29 is 17.5 Å². The third-order valence-electron chi connectivity index (χ3n) is 3.41. The number of nitrogens with zero attached hydrogens (tertiary/aromatic N) is 1. The Bertz CT molecular complexity index is 603. The van der Waals surface area contributed by atoms with Crippen LogP contribution in [-0.4, -0.2) is 39.0 Å². The van der Waals surface area contributed by atoms with Crippen LogP contribution in [0.15, 0.2) is 21.5 Å². The molecule has 112 valence electrons. The number of ether oxygens (including phenoxy) is 1. The number of sulfonamides is 1. The molecule has 1 aromatic rings. The van der Waals surface area contributed by atoms with Gasteiger partial charge in [0.1, 0.15) is 10.7 Å². The molecule has 1 fully saturated rings. The number of benzene rings is 1. The van der Waals surface area contributed by atoms with Crippen LogP contribution < -0.4 is 5.73 Å². The summed E-state index contributed by atoms with van der Waals surface area (Å²) in [6.07, 6.45) is 1.20. The minimum atomic E-state index is -3.91. The van der Waals surface area contributed by atoms with Crippen molar-refractivity contribution in [2.24, 2.45) is 0 Å². The topological polar surface area (TPSA) is 72.6 Å². The quantitative estimate of drug-likeness (QED) is 0.830. The van der Waals surface area contributed by atoms with Crippen LogP contribution in [0.5, 0.6) is 0 Å². The molecule has 8 heteroatoms. The van der Waals surface area contributed by atoms with Crippen molar-refractivity contribution in [3.8, 4) is 0 Å². The van der Waals surface area contributed by atoms with Crippen LogP contribution in [0.1, 0.15) is 12.8 Å². The molecule has 0 unspecified atom stereocenters. The summed E-state index contributed by atoms with van der Waals surface area (Å²) in [5.41, 5.74) is 5.83. The number of hydrogen-bond donors (Lipinski definition) is 1. The van der Waals surface area contributed by atoms with Crippen molar-refractivity contribution in [1.82, 2.24) is 4.31 Å². The zero-order valence-corrected chi connectivity index (χ0v) is 13.4. The fourth-order valence-electron chi connectivity index (χ4n) is 2.14. The average Bonchev–Trinajstić information content (AvgIpc) is 2.42. The Morgan fingerprint density at radius 2 is 2.00 bits per heavy atom. The summed E-state index contributed by atoms with van der Waals surface area (Å²) in [7, 11) is -2.45. The first kappa shape index (κ1) is 15.7. The smallest absolute Gasteiger partial charge is 0.246 e. The van der Waals surface area contributed by atoms with Crippen molar-refractivity contribution >= 4 is 31.6 Å². The fraction of sp³-hybridized carbons (Fsp3) is 0.500. The van der Waals surface area contributed by atoms with Gasteiger partial charge in [-0.05, 0) is 40.9 Å². The Kier molecular flexibility index (Phi) is 4.68. The average molecular weight is 367 g/mol. The van der Waals surface area contributed by atoms with E-state index in [9.17, 15) is 12.8 Å². The first-order chi connectivity index (χ1) is 9.34. The van der Waals surface area contributed by atoms with Gasteiger partial charge in [-0.3, -0.25) is 0 Å². The number of rotatable bonds is 3. The van der Waals surface area contributed by atoms with Crippen LogP contribution in [0, 0.1) is 5.82 Å². The van der Waals surface area contributed by atoms with E-state index in [1.54, 1.807) is 0 Å². The third-order valence-corrected chi connectivity index (χ3v) is 6.03. The molecule has 1 aromatic carbocycles. The molecule has 1 heterocycles. The lowest BCUT2D eigenvalue weighted by Gasteiger charge is -2.30. The van der Waals surface area contributed by atoms with Gasteiger partial charge in [0.05, 0.1) is 0 Å². The second-order valence-electron chi connectivity index (χ2n) is 4.67. The van der Waals surface area contributed by atoms with Gasteiger partial charge < -0.3 is 10.5 Å². The maximum absolute atomic E-state index is 13.9. The molecular weight excluding hydrogens is 351 g/mol. The Hall–Kier alpha value is -0.700. The van der Waals surface area contributed by atoms with E-state index >= 15 is 0 Å². The summed E-state index contributed by atoms with van der Waals surface area (Å²) in [5.74, 6) is -0.815. The third kappa shape index (κ3) is 2.98. The van der Waals surface area contributed by atoms with Crippen LogP contribution >= 0.6 is 15.9 Å². The van der Waals surface area contributed by atoms with Gasteiger partial charge in [0.15, 0.2) is 0 Å². The zero-order chi connectivity index (χ0) is 14.9. The van der Waals surface area contributed by atoms with E-state index in [-0.39, 0.29) is 11.7 Å². The molecule has 0 saturated carbocycles. The van der Waals surface area contributed by atoms with E-state index < -0.39 is 20.7 Å². The highest BCUT2D eigenvalue weighted by molar-refractivity contribution is 9.10. The second-order valence-corrected chi connectivity index (χ2v) is 7.49. The highest BCUT2D eigenvalue weighted by Gasteiger charge is 2.31. The molecule has 20 heavy (non-hydrogen) atoms. The predicted octanol–water partition coefficient (Wildman–Crippen LogP) is 1.97. The van der Waals surface area contributed by atoms with Crippen molar-refractivity contribution in [3.05, 3.63) is 22.4 Å². The van der Waals surface area contributed by atoms with E-state index in [4.69, 9.17) is 10.5 Å². The van der Waals surface area contributed by atoms with Crippen molar-refractivity contribution in [2.45, 2.75) is 23.8 Å². The lowest BCUT2D eigenvalue weighted by Crippen LogP contribution is -2.40. The van der Waals surface area contributed by atoms with Gasteiger partial charge in [-0.2, -0.15) is 4.31 Å². The summed E-state index contributed by atoms with van der Waals surface area (Å²) in [6, 6.07) is 2.03. The molecular formula is C12H16BrFN2O3S. The van der Waals surface area contributed by atoms with E-state index in [0.29, 0.717) is 30.5 Å². The number of nitrogens with two attached hydrogens (primary N) is 1. The summed E-state index contributed by atoms with van der Waals surface area (Å²) >= 11 is 3.07. The lowest BCUT2D eigenvalue weighted by molar-refractivity contribution is 0.0631. The molecule has 1 aliphatic rings. The van der Waals surface area contributed by atoms with Gasteiger partial charge in [0.2, 0.25) is 10.0 Å². The molecule has 0 aliphatic carbocycles. The molecule has 2 rings (SSSR count). The molecule has 0 bridgehead atoms. The van der Waals surface area contributed by atoms with E-state index in [2.05, 4.69) is 15.9 Å². The minimum Gasteiger partial charge on any atom is -0.398 e. The maximum Gasteiger partial charge on any atom is 0.246 e. The number of halogens is 2. The molecule has 0 aromatic heterocycles. The highest BCUT2D eigenvalue weighted by atomic mass is 79.9. The maximum atomic E-state index is 13.9. The lowest BCUT2D eigenvalue weighted by atomic mass is 10.1. The van der Waals surface area contributed by atoms with E-state index in [1.807, 2.05) is 0 Å². The SMILES string of the molecule is CN(C1CCOCC1)S(=O)(=O)c1cc(N)c(Br)cc1F. The first-order valence-corrected chi connectivity index (χ1v) is 8.37. The van der Waals surface area contributed by atoms with Crippen LogP contribution in [0.3, 0.4) is 0 Å². The van der Waals surface area contributed by atoms with Gasteiger partial charge in [0.25, 0.3) is 0 Å². The van der Waals surface area contributed by atoms with Crippen molar-refractivity contribution in [1.29, 1.82) is 0 Å². The van der Waals surface area contributed by atoms with Crippen molar-refractivity contribution in [2.75, 3.05) is 26.0 Å². The Labute approximate surface area is 126 Å². The van der Waals surface area contributed by atoms with Crippen LogP contribution in [-0.2, 0) is 14.8 Å². The predicted molar refractivity (Wildman–Crippen MR) is 77.3 cm³/mol. The Morgan fingerprint density at radius 3 is 2.60 bits per heavy atom. The van der Waals surface area contributed by atoms with Crippen LogP contribution in [0.4, 0.5) is 10.1 Å². The van der Waals surface area contributed by atoms with E-state index in [0.717, 1.165) is 12.1 Å². The van der Waals surface area contributed by atoms with Crippen LogP contribution in [0.2, 0.25) is 0 Å². The molecule has 0 radical (unpaired) electrons. The number of anilines is 1. The van der Waals surface area contributed by atoms with Gasteiger partial charge in [-0.15, -0.1) is 0 Å². The molecule has 5 nitrogen and oxygen atoms in total. The molecule has 2 N–H and O–H groups in total. The Balaban J connectivity index is 2.36.